The number of nitrogens with one attached hydrogen (secondary N) is 1. The maximum Gasteiger partial charge on any atom is 0.149 e. The average molecular weight is 380 g/mol. The molecule has 4 rings (SSSR count). The number of nitriles is 1. The second-order valence-corrected chi connectivity index (χ2v) is 7.78. The van der Waals surface area contributed by atoms with Gasteiger partial charge in [0.15, 0.2) is 0 Å². The molecule has 0 saturated carbocycles. The third kappa shape index (κ3) is 3.48. The van der Waals surface area contributed by atoms with Crippen molar-refractivity contribution in [1.29, 1.82) is 5.26 Å². The normalized spacial score (nSPS) is 11.8. The zero-order valence-electron chi connectivity index (χ0n) is 17.5. The van der Waals surface area contributed by atoms with E-state index in [-0.39, 0.29) is 0 Å². The first-order valence-electron chi connectivity index (χ1n) is 9.72. The number of allylic oxidation sites excluding steroid dienone is 1. The van der Waals surface area contributed by atoms with Crippen molar-refractivity contribution in [2.24, 2.45) is 0 Å². The molecule has 2 aromatic carbocycles. The third-order valence-corrected chi connectivity index (χ3v) is 5.25. The van der Waals surface area contributed by atoms with Gasteiger partial charge >= 0.3 is 0 Å². The van der Waals surface area contributed by atoms with Crippen LogP contribution in [0.25, 0.3) is 28.4 Å². The van der Waals surface area contributed by atoms with Gasteiger partial charge in [-0.1, -0.05) is 12.1 Å². The highest BCUT2D eigenvalue weighted by molar-refractivity contribution is 5.91. The second kappa shape index (κ2) is 7.10. The van der Waals surface area contributed by atoms with E-state index in [0.717, 1.165) is 39.2 Å². The van der Waals surface area contributed by atoms with Gasteiger partial charge in [0.1, 0.15) is 11.9 Å². The summed E-state index contributed by atoms with van der Waals surface area (Å²) in [6.45, 7) is 10.5. The van der Waals surface area contributed by atoms with Gasteiger partial charge in [-0.15, -0.1) is 0 Å². The molecule has 0 bridgehead atoms. The Morgan fingerprint density at radius 1 is 0.966 bits per heavy atom. The fourth-order valence-electron chi connectivity index (χ4n) is 3.97. The van der Waals surface area contributed by atoms with Gasteiger partial charge in [0.2, 0.25) is 0 Å². The molecule has 0 aliphatic carbocycles. The lowest BCUT2D eigenvalue weighted by atomic mass is 10.1. The SMILES string of the molecule is Cc1cc(C)cc(-n2c(C)cc(C=C(C#N)c3nc4ccc(C)cc4[nH]3)c2C)c1. The zero-order chi connectivity index (χ0) is 20.7. The molecule has 0 aliphatic rings. The van der Waals surface area contributed by atoms with E-state index in [4.69, 9.17) is 0 Å². The quantitative estimate of drug-likeness (QED) is 0.446. The minimum Gasteiger partial charge on any atom is -0.337 e. The summed E-state index contributed by atoms with van der Waals surface area (Å²) in [7, 11) is 0. The molecule has 0 radical (unpaired) electrons. The first kappa shape index (κ1) is 18.8. The van der Waals surface area contributed by atoms with Gasteiger partial charge in [0.05, 0.1) is 16.6 Å². The van der Waals surface area contributed by atoms with Crippen molar-refractivity contribution >= 4 is 22.7 Å². The minimum absolute atomic E-state index is 0.527. The summed E-state index contributed by atoms with van der Waals surface area (Å²) in [5, 5.41) is 9.79. The van der Waals surface area contributed by atoms with Crippen LogP contribution in [-0.4, -0.2) is 14.5 Å². The van der Waals surface area contributed by atoms with E-state index in [1.807, 2.05) is 31.2 Å². The number of fused-ring (bicyclic) bond motifs is 1. The zero-order valence-corrected chi connectivity index (χ0v) is 17.5. The standard InChI is InChI=1S/C25H24N4/c1-15-6-7-23-24(11-15)28-25(27-23)21(14-26)13-20-12-18(4)29(19(20)5)22-9-16(2)8-17(3)10-22/h6-13H,1-5H3,(H,27,28). The van der Waals surface area contributed by atoms with Crippen molar-refractivity contribution in [2.45, 2.75) is 34.6 Å². The molecule has 29 heavy (non-hydrogen) atoms. The van der Waals surface area contributed by atoms with Crippen molar-refractivity contribution < 1.29 is 0 Å². The molecule has 0 saturated heterocycles. The smallest absolute Gasteiger partial charge is 0.149 e. The highest BCUT2D eigenvalue weighted by atomic mass is 15.0. The number of hydrogen-bond donors (Lipinski definition) is 1. The van der Waals surface area contributed by atoms with Crippen LogP contribution in [0.3, 0.4) is 0 Å². The molecule has 4 aromatic rings. The lowest BCUT2D eigenvalue weighted by molar-refractivity contribution is 0.960. The minimum atomic E-state index is 0.527. The van der Waals surface area contributed by atoms with Gasteiger partial charge in [-0.3, -0.25) is 0 Å². The predicted octanol–water partition coefficient (Wildman–Crippen LogP) is 5.96. The summed E-state index contributed by atoms with van der Waals surface area (Å²) in [6.07, 6.45) is 1.92. The molecule has 0 atom stereocenters. The van der Waals surface area contributed by atoms with Crippen molar-refractivity contribution in [3.8, 4) is 11.8 Å². The fraction of sp³-hybridized carbons (Fsp3) is 0.200. The Morgan fingerprint density at radius 3 is 2.38 bits per heavy atom. The Morgan fingerprint density at radius 2 is 1.69 bits per heavy atom. The Balaban J connectivity index is 1.81. The number of aryl methyl sites for hydroxylation is 4. The second-order valence-electron chi connectivity index (χ2n) is 7.78. The molecule has 0 amide bonds. The molecule has 4 nitrogen and oxygen atoms in total. The summed E-state index contributed by atoms with van der Waals surface area (Å²) in [5.41, 5.74) is 10.4. The van der Waals surface area contributed by atoms with Crippen LogP contribution in [-0.2, 0) is 0 Å². The van der Waals surface area contributed by atoms with Crippen LogP contribution in [0, 0.1) is 45.9 Å². The van der Waals surface area contributed by atoms with E-state index in [1.165, 1.54) is 11.1 Å². The van der Waals surface area contributed by atoms with Gasteiger partial charge in [-0.25, -0.2) is 4.98 Å². The van der Waals surface area contributed by atoms with Gasteiger partial charge in [0.25, 0.3) is 0 Å². The van der Waals surface area contributed by atoms with Crippen LogP contribution in [0.1, 0.15) is 39.5 Å². The van der Waals surface area contributed by atoms with Crippen molar-refractivity contribution in [3.63, 3.8) is 0 Å². The van der Waals surface area contributed by atoms with E-state index in [2.05, 4.69) is 72.6 Å². The number of aromatic nitrogens is 3. The predicted molar refractivity (Wildman–Crippen MR) is 119 cm³/mol. The summed E-state index contributed by atoms with van der Waals surface area (Å²) in [5.74, 6) is 0.601. The topological polar surface area (TPSA) is 57.4 Å². The van der Waals surface area contributed by atoms with E-state index in [0.29, 0.717) is 11.4 Å². The van der Waals surface area contributed by atoms with Crippen LogP contribution in [0.2, 0.25) is 0 Å². The van der Waals surface area contributed by atoms with Crippen molar-refractivity contribution in [2.75, 3.05) is 0 Å². The molecular weight excluding hydrogens is 356 g/mol. The van der Waals surface area contributed by atoms with E-state index in [1.54, 1.807) is 0 Å². The largest absolute Gasteiger partial charge is 0.337 e. The summed E-state index contributed by atoms with van der Waals surface area (Å²) in [4.78, 5) is 7.89. The number of nitrogens with zero attached hydrogens (tertiary/aromatic N) is 3. The molecule has 4 heteroatoms. The Kier molecular flexibility index (Phi) is 4.60. The molecular formula is C25H24N4. The Hall–Kier alpha value is -3.58. The lowest BCUT2D eigenvalue weighted by Crippen LogP contribution is -2.00. The van der Waals surface area contributed by atoms with Gasteiger partial charge in [-0.2, -0.15) is 5.26 Å². The van der Waals surface area contributed by atoms with Crippen molar-refractivity contribution in [1.82, 2.24) is 14.5 Å². The number of aromatic amines is 1. The van der Waals surface area contributed by atoms with Gasteiger partial charge < -0.3 is 9.55 Å². The lowest BCUT2D eigenvalue weighted by Gasteiger charge is -2.12. The maximum absolute atomic E-state index is 9.79. The highest BCUT2D eigenvalue weighted by Crippen LogP contribution is 2.26. The van der Waals surface area contributed by atoms with Crippen LogP contribution in [0.4, 0.5) is 0 Å². The molecule has 0 aliphatic heterocycles. The van der Waals surface area contributed by atoms with Gasteiger partial charge in [0, 0.05) is 17.1 Å². The van der Waals surface area contributed by atoms with E-state index >= 15 is 0 Å². The highest BCUT2D eigenvalue weighted by Gasteiger charge is 2.13. The Labute approximate surface area is 171 Å². The monoisotopic (exact) mass is 380 g/mol. The molecule has 0 fully saturated rings. The number of hydrogen-bond acceptors (Lipinski definition) is 2. The van der Waals surface area contributed by atoms with Crippen LogP contribution in [0.15, 0.2) is 42.5 Å². The van der Waals surface area contributed by atoms with Gasteiger partial charge in [-0.05, 0) is 93.3 Å². The first-order chi connectivity index (χ1) is 13.9. The van der Waals surface area contributed by atoms with E-state index in [9.17, 15) is 5.26 Å². The Bertz CT molecular complexity index is 1290. The number of H-pyrrole nitrogens is 1. The summed E-state index contributed by atoms with van der Waals surface area (Å²) >= 11 is 0. The maximum atomic E-state index is 9.79. The molecule has 2 aromatic heterocycles. The molecule has 1 N–H and O–H groups in total. The number of rotatable bonds is 3. The first-order valence-corrected chi connectivity index (χ1v) is 9.72. The summed E-state index contributed by atoms with van der Waals surface area (Å²) < 4.78 is 2.24. The summed E-state index contributed by atoms with van der Waals surface area (Å²) in [6, 6.07) is 17.0. The molecule has 144 valence electrons. The molecule has 0 unspecified atom stereocenters. The van der Waals surface area contributed by atoms with Crippen LogP contribution >= 0.6 is 0 Å². The van der Waals surface area contributed by atoms with Crippen LogP contribution < -0.4 is 0 Å². The van der Waals surface area contributed by atoms with E-state index < -0.39 is 0 Å². The fourth-order valence-corrected chi connectivity index (χ4v) is 3.97. The number of imidazole rings is 1. The third-order valence-electron chi connectivity index (χ3n) is 5.25. The average Bonchev–Trinajstić information content (AvgIpc) is 3.18. The van der Waals surface area contributed by atoms with Crippen molar-refractivity contribution in [3.05, 3.63) is 81.9 Å². The van der Waals surface area contributed by atoms with Crippen LogP contribution in [0.5, 0.6) is 0 Å². The number of benzene rings is 2. The molecule has 0 spiro atoms. The molecule has 2 heterocycles.